The van der Waals surface area contributed by atoms with Crippen LogP contribution in [-0.4, -0.2) is 47.1 Å². The molecular weight excluding hydrogens is 526 g/mol. The number of benzene rings is 2. The summed E-state index contributed by atoms with van der Waals surface area (Å²) in [5.74, 6) is -2.09. The van der Waals surface area contributed by atoms with Gasteiger partial charge in [-0.25, -0.2) is 9.86 Å². The van der Waals surface area contributed by atoms with E-state index in [0.717, 1.165) is 24.8 Å². The Morgan fingerprint density at radius 1 is 1.00 bits per heavy atom. The summed E-state index contributed by atoms with van der Waals surface area (Å²) < 4.78 is 5.62. The van der Waals surface area contributed by atoms with Gasteiger partial charge in [0.1, 0.15) is 12.4 Å². The molecule has 2 aromatic carbocycles. The summed E-state index contributed by atoms with van der Waals surface area (Å²) in [4.78, 5) is 55.0. The van der Waals surface area contributed by atoms with E-state index in [4.69, 9.17) is 9.25 Å². The van der Waals surface area contributed by atoms with Crippen LogP contribution in [0.3, 0.4) is 0 Å². The minimum atomic E-state index is -1.07. The molecule has 0 aliphatic heterocycles. The van der Waals surface area contributed by atoms with Crippen LogP contribution in [-0.2, 0) is 21.0 Å². The van der Waals surface area contributed by atoms with Crippen molar-refractivity contribution in [2.45, 2.75) is 58.6 Å². The zero-order chi connectivity index (χ0) is 29.6. The van der Waals surface area contributed by atoms with Gasteiger partial charge in [-0.1, -0.05) is 75.6 Å². The van der Waals surface area contributed by atoms with Crippen molar-refractivity contribution in [2.24, 2.45) is 5.92 Å². The van der Waals surface area contributed by atoms with E-state index < -0.39 is 23.8 Å². The van der Waals surface area contributed by atoms with Gasteiger partial charge in [-0.3, -0.25) is 19.2 Å². The maximum Gasteiger partial charge on any atom is 0.335 e. The van der Waals surface area contributed by atoms with Crippen LogP contribution in [0.4, 0.5) is 0 Å². The van der Waals surface area contributed by atoms with Crippen LogP contribution >= 0.6 is 0 Å². The lowest BCUT2D eigenvalue weighted by atomic mass is 9.90. The van der Waals surface area contributed by atoms with Gasteiger partial charge in [-0.05, 0) is 42.7 Å². The lowest BCUT2D eigenvalue weighted by molar-refractivity contribution is -0.200. The Balaban J connectivity index is 1.61. The fourth-order valence-corrected chi connectivity index (χ4v) is 4.53. The first-order chi connectivity index (χ1) is 19.9. The topological polar surface area (TPSA) is 138 Å². The van der Waals surface area contributed by atoms with Gasteiger partial charge in [-0.2, -0.15) is 0 Å². The van der Waals surface area contributed by atoms with Gasteiger partial charge in [0.05, 0.1) is 24.2 Å². The SMILES string of the molecule is CCCCCC(C(=O)NCNC(=O)c1ccc(-c2cccc(C(=O)O)c2)o1)C(CC)N(C=O)OCc1ccccc1. The number of hydrogen-bond donors (Lipinski definition) is 3. The van der Waals surface area contributed by atoms with Crippen LogP contribution in [0.5, 0.6) is 0 Å². The fraction of sp³-hybridized carbons (Fsp3) is 0.355. The Kier molecular flexibility index (Phi) is 12.1. The molecule has 0 spiro atoms. The van der Waals surface area contributed by atoms with Gasteiger partial charge in [0, 0.05) is 5.56 Å². The number of carbonyl (C=O) groups is 4. The van der Waals surface area contributed by atoms with Gasteiger partial charge in [0.25, 0.3) is 5.91 Å². The smallest absolute Gasteiger partial charge is 0.335 e. The molecule has 218 valence electrons. The molecule has 3 rings (SSSR count). The molecule has 0 saturated carbocycles. The summed E-state index contributed by atoms with van der Waals surface area (Å²) in [7, 11) is 0. The minimum Gasteiger partial charge on any atom is -0.478 e. The summed E-state index contributed by atoms with van der Waals surface area (Å²) in [5.41, 5.74) is 1.52. The molecule has 1 heterocycles. The number of unbranched alkanes of at least 4 members (excludes halogenated alkanes) is 2. The molecule has 41 heavy (non-hydrogen) atoms. The Morgan fingerprint density at radius 3 is 2.46 bits per heavy atom. The van der Waals surface area contributed by atoms with E-state index in [9.17, 15) is 24.3 Å². The fourth-order valence-electron chi connectivity index (χ4n) is 4.53. The lowest BCUT2D eigenvalue weighted by Crippen LogP contribution is -2.48. The zero-order valence-electron chi connectivity index (χ0n) is 23.4. The highest BCUT2D eigenvalue weighted by molar-refractivity contribution is 5.93. The van der Waals surface area contributed by atoms with Crippen LogP contribution < -0.4 is 10.6 Å². The quantitative estimate of drug-likeness (QED) is 0.0908. The number of hydrogen-bond acceptors (Lipinski definition) is 6. The Hall–Kier alpha value is -4.44. The van der Waals surface area contributed by atoms with Crippen molar-refractivity contribution in [3.8, 4) is 11.3 Å². The highest BCUT2D eigenvalue weighted by Crippen LogP contribution is 2.24. The second kappa shape index (κ2) is 16.0. The van der Waals surface area contributed by atoms with Crippen molar-refractivity contribution in [2.75, 3.05) is 6.67 Å². The Labute approximate surface area is 239 Å². The number of aromatic carboxylic acids is 1. The predicted octanol–water partition coefficient (Wildman–Crippen LogP) is 5.01. The van der Waals surface area contributed by atoms with E-state index in [1.165, 1.54) is 23.3 Å². The summed E-state index contributed by atoms with van der Waals surface area (Å²) >= 11 is 0. The molecule has 1 aromatic heterocycles. The summed E-state index contributed by atoms with van der Waals surface area (Å²) in [6.45, 7) is 4.02. The minimum absolute atomic E-state index is 0.0161. The number of hydroxylamine groups is 2. The molecule has 3 aromatic rings. The molecule has 2 atom stereocenters. The first-order valence-electron chi connectivity index (χ1n) is 13.8. The first-order valence-corrected chi connectivity index (χ1v) is 13.8. The largest absolute Gasteiger partial charge is 0.478 e. The number of amides is 3. The van der Waals surface area contributed by atoms with E-state index in [1.54, 1.807) is 18.2 Å². The van der Waals surface area contributed by atoms with Crippen LogP contribution in [0.1, 0.15) is 72.4 Å². The molecule has 0 fully saturated rings. The van der Waals surface area contributed by atoms with Crippen molar-refractivity contribution in [3.63, 3.8) is 0 Å². The standard InChI is InChI=1S/C31H37N3O7/c1-3-5-7-15-25(26(4-2)34(21-35)40-19-22-11-8-6-9-12-22)29(36)32-20-33-30(37)28-17-16-27(41-28)23-13-10-14-24(18-23)31(38)39/h6,8-14,16-18,21,25-26H,3-5,7,15,19-20H2,1-2H3,(H,32,36)(H,33,37)(H,38,39). The van der Waals surface area contributed by atoms with Gasteiger partial charge in [0.2, 0.25) is 12.3 Å². The van der Waals surface area contributed by atoms with Gasteiger partial charge >= 0.3 is 5.97 Å². The summed E-state index contributed by atoms with van der Waals surface area (Å²) in [5, 5.41) is 15.8. The third-order valence-electron chi connectivity index (χ3n) is 6.73. The number of nitrogens with zero attached hydrogens (tertiary/aromatic N) is 1. The molecule has 10 heteroatoms. The second-order valence-corrected chi connectivity index (χ2v) is 9.58. The normalized spacial score (nSPS) is 12.2. The molecule has 10 nitrogen and oxygen atoms in total. The zero-order valence-corrected chi connectivity index (χ0v) is 23.4. The predicted molar refractivity (Wildman–Crippen MR) is 152 cm³/mol. The van der Waals surface area contributed by atoms with Crippen molar-refractivity contribution in [1.29, 1.82) is 0 Å². The van der Waals surface area contributed by atoms with E-state index in [-0.39, 0.29) is 30.5 Å². The highest BCUT2D eigenvalue weighted by atomic mass is 16.7. The van der Waals surface area contributed by atoms with Gasteiger partial charge in [-0.15, -0.1) is 0 Å². The van der Waals surface area contributed by atoms with Crippen molar-refractivity contribution in [1.82, 2.24) is 15.7 Å². The van der Waals surface area contributed by atoms with Crippen molar-refractivity contribution >= 4 is 24.2 Å². The molecule has 2 unspecified atom stereocenters. The Bertz CT molecular complexity index is 1290. The van der Waals surface area contributed by atoms with Crippen LogP contribution in [0.15, 0.2) is 71.1 Å². The maximum atomic E-state index is 13.3. The Morgan fingerprint density at radius 2 is 1.78 bits per heavy atom. The van der Waals surface area contributed by atoms with Crippen LogP contribution in [0, 0.1) is 5.92 Å². The van der Waals surface area contributed by atoms with Crippen LogP contribution in [0.25, 0.3) is 11.3 Å². The van der Waals surface area contributed by atoms with E-state index >= 15 is 0 Å². The molecule has 3 N–H and O–H groups in total. The van der Waals surface area contributed by atoms with Gasteiger partial charge in [0.15, 0.2) is 5.76 Å². The third kappa shape index (κ3) is 9.04. The molecular formula is C31H37N3O7. The number of furan rings is 1. The molecule has 0 aliphatic carbocycles. The molecule has 0 radical (unpaired) electrons. The molecule has 3 amide bonds. The first kappa shape index (κ1) is 31.1. The van der Waals surface area contributed by atoms with E-state index in [2.05, 4.69) is 17.6 Å². The summed E-state index contributed by atoms with van der Waals surface area (Å²) in [6, 6.07) is 18.2. The highest BCUT2D eigenvalue weighted by Gasteiger charge is 2.32. The molecule has 0 bridgehead atoms. The number of rotatable bonds is 17. The number of carbonyl (C=O) groups excluding carboxylic acids is 3. The van der Waals surface area contributed by atoms with Crippen molar-refractivity contribution < 1.29 is 33.5 Å². The monoisotopic (exact) mass is 563 g/mol. The van der Waals surface area contributed by atoms with E-state index in [0.29, 0.717) is 30.6 Å². The van der Waals surface area contributed by atoms with E-state index in [1.807, 2.05) is 37.3 Å². The van der Waals surface area contributed by atoms with Crippen LogP contribution in [0.2, 0.25) is 0 Å². The molecule has 0 aliphatic rings. The summed E-state index contributed by atoms with van der Waals surface area (Å²) in [6.07, 6.45) is 4.40. The number of carboxylic acids is 1. The number of nitrogens with one attached hydrogen (secondary N) is 2. The maximum absolute atomic E-state index is 13.3. The second-order valence-electron chi connectivity index (χ2n) is 9.58. The average molecular weight is 564 g/mol. The van der Waals surface area contributed by atoms with Crippen molar-refractivity contribution in [3.05, 3.63) is 83.6 Å². The average Bonchev–Trinajstić information content (AvgIpc) is 3.49. The number of carboxylic acid groups (broad SMARTS) is 1. The third-order valence-corrected chi connectivity index (χ3v) is 6.73. The van der Waals surface area contributed by atoms with Gasteiger partial charge < -0.3 is 20.2 Å². The lowest BCUT2D eigenvalue weighted by Gasteiger charge is -2.32. The molecule has 0 saturated heterocycles.